The number of rotatable bonds is 14. The highest BCUT2D eigenvalue weighted by atomic mass is 16.4. The maximum Gasteiger partial charge on any atom is 0.0718 e. The summed E-state index contributed by atoms with van der Waals surface area (Å²) >= 11 is 0. The second kappa shape index (κ2) is 12.6. The van der Waals surface area contributed by atoms with Crippen molar-refractivity contribution in [1.82, 2.24) is 0 Å². The van der Waals surface area contributed by atoms with Gasteiger partial charge in [0.1, 0.15) is 0 Å². The maximum atomic E-state index is 11.7. The van der Waals surface area contributed by atoms with Gasteiger partial charge in [-0.1, -0.05) is 91.2 Å². The van der Waals surface area contributed by atoms with Crippen LogP contribution in [0.2, 0.25) is 0 Å². The number of hydrogen-bond donors (Lipinski definition) is 0. The lowest BCUT2D eigenvalue weighted by Gasteiger charge is -2.24. The average molecular weight is 389 g/mol. The largest absolute Gasteiger partial charge is 0.545 e. The minimum absolute atomic E-state index is 0.128. The van der Waals surface area contributed by atoms with Gasteiger partial charge in [-0.15, -0.1) is 0 Å². The van der Waals surface area contributed by atoms with E-state index < -0.39 is 11.9 Å². The van der Waals surface area contributed by atoms with Crippen LogP contribution in [-0.2, 0) is 12.8 Å². The molecule has 1 aromatic carbocycles. The molecule has 0 N–H and O–H groups in total. The molecule has 2 atom stereocenters. The van der Waals surface area contributed by atoms with Crippen molar-refractivity contribution in [2.24, 2.45) is 11.8 Å². The van der Waals surface area contributed by atoms with Gasteiger partial charge in [0.05, 0.1) is 11.9 Å². The van der Waals surface area contributed by atoms with E-state index in [1.807, 2.05) is 0 Å². The molecule has 1 aromatic rings. The number of carboxylic acid groups (broad SMARTS) is 2. The summed E-state index contributed by atoms with van der Waals surface area (Å²) < 4.78 is 0. The predicted octanol–water partition coefficient (Wildman–Crippen LogP) is 3.93. The van der Waals surface area contributed by atoms with E-state index in [0.29, 0.717) is 24.0 Å². The third-order valence-electron chi connectivity index (χ3n) is 5.58. The number of carbonyl (C=O) groups excluding carboxylic acids is 2. The van der Waals surface area contributed by atoms with E-state index in [4.69, 9.17) is 0 Å². The molecule has 0 aromatic heterocycles. The Morgan fingerprint density at radius 2 is 1.11 bits per heavy atom. The Kier molecular flexibility index (Phi) is 10.9. The monoisotopic (exact) mass is 388 g/mol. The van der Waals surface area contributed by atoms with Gasteiger partial charge in [-0.25, -0.2) is 0 Å². The zero-order chi connectivity index (χ0) is 21.1. The van der Waals surface area contributed by atoms with Crippen molar-refractivity contribution in [3.05, 3.63) is 34.4 Å². The van der Waals surface area contributed by atoms with Gasteiger partial charge < -0.3 is 19.8 Å². The minimum atomic E-state index is -1.24. The van der Waals surface area contributed by atoms with E-state index in [2.05, 4.69) is 27.7 Å². The van der Waals surface area contributed by atoms with Gasteiger partial charge in [0.2, 0.25) is 0 Å². The van der Waals surface area contributed by atoms with E-state index in [1.54, 1.807) is 0 Å². The average Bonchev–Trinajstić information content (AvgIpc) is 2.62. The van der Waals surface area contributed by atoms with E-state index in [9.17, 15) is 19.8 Å². The molecule has 28 heavy (non-hydrogen) atoms. The summed E-state index contributed by atoms with van der Waals surface area (Å²) in [4.78, 5) is 23.4. The van der Waals surface area contributed by atoms with Crippen LogP contribution >= 0.6 is 0 Å². The lowest BCUT2D eigenvalue weighted by atomic mass is 9.83. The number of hydrogen-bond acceptors (Lipinski definition) is 4. The Hall–Kier alpha value is -1.84. The van der Waals surface area contributed by atoms with Crippen molar-refractivity contribution < 1.29 is 19.8 Å². The quantitative estimate of drug-likeness (QED) is 0.452. The molecule has 4 heteroatoms. The first-order valence-corrected chi connectivity index (χ1v) is 10.9. The van der Waals surface area contributed by atoms with Crippen LogP contribution in [0.25, 0.3) is 0 Å². The Morgan fingerprint density at radius 1 is 0.750 bits per heavy atom. The van der Waals surface area contributed by atoms with Gasteiger partial charge in [-0.3, -0.25) is 0 Å². The number of aromatic carboxylic acids is 2. The predicted molar refractivity (Wildman–Crippen MR) is 109 cm³/mol. The summed E-state index contributed by atoms with van der Waals surface area (Å²) in [7, 11) is 0. The number of unbranched alkanes of at least 4 members (excludes halogenated alkanes) is 4. The van der Waals surface area contributed by atoms with Crippen molar-refractivity contribution in [2.75, 3.05) is 0 Å². The molecular weight excluding hydrogens is 352 g/mol. The molecule has 0 aliphatic heterocycles. The summed E-state index contributed by atoms with van der Waals surface area (Å²) in [5.41, 5.74) is 1.52. The van der Waals surface area contributed by atoms with Gasteiger partial charge in [0.15, 0.2) is 0 Å². The lowest BCUT2D eigenvalue weighted by Crippen LogP contribution is -2.29. The van der Waals surface area contributed by atoms with Gasteiger partial charge in [0.25, 0.3) is 0 Å². The zero-order valence-electron chi connectivity index (χ0n) is 18.0. The number of carboxylic acids is 2. The highest BCUT2D eigenvalue weighted by Crippen LogP contribution is 2.28. The molecular formula is C24H36O4-2. The minimum Gasteiger partial charge on any atom is -0.545 e. The topological polar surface area (TPSA) is 80.3 Å². The summed E-state index contributed by atoms with van der Waals surface area (Å²) in [5.74, 6) is -1.90. The van der Waals surface area contributed by atoms with E-state index in [-0.39, 0.29) is 23.0 Å². The fourth-order valence-corrected chi connectivity index (χ4v) is 3.93. The van der Waals surface area contributed by atoms with Crippen LogP contribution in [-0.4, -0.2) is 11.9 Å². The Morgan fingerprint density at radius 3 is 1.39 bits per heavy atom. The zero-order valence-corrected chi connectivity index (χ0v) is 18.0. The van der Waals surface area contributed by atoms with E-state index >= 15 is 0 Å². The summed E-state index contributed by atoms with van der Waals surface area (Å²) in [6.45, 7) is 8.52. The third-order valence-corrected chi connectivity index (χ3v) is 5.58. The van der Waals surface area contributed by atoms with E-state index in [1.165, 1.54) is 12.1 Å². The molecule has 4 nitrogen and oxygen atoms in total. The summed E-state index contributed by atoms with van der Waals surface area (Å²) in [5, 5.41) is 23.4. The molecule has 158 valence electrons. The van der Waals surface area contributed by atoms with Crippen LogP contribution < -0.4 is 10.2 Å². The molecule has 0 amide bonds. The molecule has 2 unspecified atom stereocenters. The van der Waals surface area contributed by atoms with E-state index in [0.717, 1.165) is 51.4 Å². The molecule has 0 aliphatic rings. The Bertz CT molecular complexity index is 581. The van der Waals surface area contributed by atoms with Crippen LogP contribution in [0.1, 0.15) is 111 Å². The highest BCUT2D eigenvalue weighted by molar-refractivity contribution is 5.93. The van der Waals surface area contributed by atoms with Gasteiger partial charge in [-0.05, 0) is 35.8 Å². The lowest BCUT2D eigenvalue weighted by molar-refractivity contribution is -0.256. The van der Waals surface area contributed by atoms with Crippen LogP contribution in [0, 0.1) is 11.8 Å². The normalized spacial score (nSPS) is 13.3. The van der Waals surface area contributed by atoms with Crippen molar-refractivity contribution in [1.29, 1.82) is 0 Å². The Labute approximate surface area is 170 Å². The van der Waals surface area contributed by atoms with Crippen molar-refractivity contribution in [3.8, 4) is 0 Å². The van der Waals surface area contributed by atoms with Crippen LogP contribution in [0.4, 0.5) is 0 Å². The van der Waals surface area contributed by atoms with Crippen LogP contribution in [0.15, 0.2) is 12.1 Å². The standard InChI is InChI=1S/C24H38O4/c1-5-7-9-11-17(3)15-21-19(23(25)26)13-14-20(24(27)28)22(21)16-18(4)12-10-8-6-2/h13-14,17-18H,5-12,15-16H2,1-4H3,(H,25,26)(H,27,28)/p-2. The maximum absolute atomic E-state index is 11.7. The van der Waals surface area contributed by atoms with Gasteiger partial charge in [0, 0.05) is 11.1 Å². The van der Waals surface area contributed by atoms with Crippen molar-refractivity contribution >= 4 is 11.9 Å². The third kappa shape index (κ3) is 7.65. The molecule has 1 rings (SSSR count). The first kappa shape index (κ1) is 24.2. The van der Waals surface area contributed by atoms with Crippen LogP contribution in [0.3, 0.4) is 0 Å². The molecule has 0 heterocycles. The number of carbonyl (C=O) groups is 2. The van der Waals surface area contributed by atoms with Gasteiger partial charge >= 0.3 is 0 Å². The molecule has 0 radical (unpaired) electrons. The van der Waals surface area contributed by atoms with Crippen LogP contribution in [0.5, 0.6) is 0 Å². The Balaban J connectivity index is 3.20. The van der Waals surface area contributed by atoms with Gasteiger partial charge in [-0.2, -0.15) is 0 Å². The molecule has 0 fully saturated rings. The molecule has 0 aliphatic carbocycles. The fraction of sp³-hybridized carbons (Fsp3) is 0.667. The second-order valence-corrected chi connectivity index (χ2v) is 8.30. The van der Waals surface area contributed by atoms with Crippen molar-refractivity contribution in [3.63, 3.8) is 0 Å². The second-order valence-electron chi connectivity index (χ2n) is 8.30. The highest BCUT2D eigenvalue weighted by Gasteiger charge is 2.19. The summed E-state index contributed by atoms with van der Waals surface area (Å²) in [6.07, 6.45) is 9.90. The molecule has 0 bridgehead atoms. The molecule has 0 spiro atoms. The molecule has 0 saturated heterocycles. The SMILES string of the molecule is CCCCCC(C)Cc1c(C(=O)[O-])ccc(C(=O)[O-])c1CC(C)CCCCC. The first-order chi connectivity index (χ1) is 13.3. The first-order valence-electron chi connectivity index (χ1n) is 10.9. The van der Waals surface area contributed by atoms with Crippen molar-refractivity contribution in [2.45, 2.75) is 91.9 Å². The molecule has 0 saturated carbocycles. The smallest absolute Gasteiger partial charge is 0.0718 e. The summed E-state index contributed by atoms with van der Waals surface area (Å²) in [6, 6.07) is 2.75. The fourth-order valence-electron chi connectivity index (χ4n) is 3.93. The number of benzene rings is 1.